The van der Waals surface area contributed by atoms with Crippen LogP contribution in [-0.2, 0) is 11.2 Å². The Morgan fingerprint density at radius 1 is 1.37 bits per heavy atom. The van der Waals surface area contributed by atoms with E-state index in [0.29, 0.717) is 10.5 Å². The molecule has 4 nitrogen and oxygen atoms in total. The van der Waals surface area contributed by atoms with Crippen molar-refractivity contribution in [2.75, 3.05) is 13.6 Å². The van der Waals surface area contributed by atoms with E-state index in [1.807, 2.05) is 0 Å². The van der Waals surface area contributed by atoms with E-state index in [-0.39, 0.29) is 12.2 Å². The quantitative estimate of drug-likeness (QED) is 0.870. The number of likely N-dealkylation sites (N-methyl/N-ethyl adjacent to an activating group) is 1. The molecule has 1 rings (SSSR count). The third-order valence-corrected chi connectivity index (χ3v) is 2.50. The Kier molecular flexibility index (Phi) is 4.77. The maximum atomic E-state index is 12.1. The number of alkyl halides is 3. The van der Waals surface area contributed by atoms with Crippen LogP contribution in [0.1, 0.15) is 5.56 Å². The van der Waals surface area contributed by atoms with E-state index in [9.17, 15) is 18.0 Å². The lowest BCUT2D eigenvalue weighted by molar-refractivity contribution is -0.159. The molecule has 0 fully saturated rings. The summed E-state index contributed by atoms with van der Waals surface area (Å²) in [5.74, 6) is -0.705. The lowest BCUT2D eigenvalue weighted by Crippen LogP contribution is -2.46. The number of carbonyl (C=O) groups excluding carboxylic acids is 1. The first-order valence-electron chi connectivity index (χ1n) is 5.54. The first-order valence-corrected chi connectivity index (χ1v) is 5.54. The molecular weight excluding hydrogens is 261 g/mol. The van der Waals surface area contributed by atoms with Crippen LogP contribution < -0.4 is 5.73 Å². The summed E-state index contributed by atoms with van der Waals surface area (Å²) in [5.41, 5.74) is 6.25. The molecule has 1 aromatic rings. The molecular formula is C12H15F3N2O2. The van der Waals surface area contributed by atoms with Crippen molar-refractivity contribution >= 4 is 5.91 Å². The number of hydrogen-bond donors (Lipinski definition) is 2. The lowest BCUT2D eigenvalue weighted by Gasteiger charge is -2.22. The van der Waals surface area contributed by atoms with Gasteiger partial charge in [0.25, 0.3) is 0 Å². The smallest absolute Gasteiger partial charge is 0.406 e. The molecule has 0 aliphatic rings. The molecule has 106 valence electrons. The molecule has 0 aliphatic carbocycles. The van der Waals surface area contributed by atoms with Crippen molar-refractivity contribution in [3.05, 3.63) is 29.8 Å². The van der Waals surface area contributed by atoms with E-state index in [4.69, 9.17) is 10.8 Å². The number of amides is 1. The summed E-state index contributed by atoms with van der Waals surface area (Å²) in [7, 11) is 1.06. The van der Waals surface area contributed by atoms with Crippen molar-refractivity contribution in [2.45, 2.75) is 18.6 Å². The van der Waals surface area contributed by atoms with Crippen LogP contribution in [0.15, 0.2) is 24.3 Å². The van der Waals surface area contributed by atoms with Crippen LogP contribution in [0.2, 0.25) is 0 Å². The highest BCUT2D eigenvalue weighted by Gasteiger charge is 2.32. The molecule has 0 aliphatic heterocycles. The van der Waals surface area contributed by atoms with Gasteiger partial charge in [-0.2, -0.15) is 13.2 Å². The lowest BCUT2D eigenvalue weighted by atomic mass is 10.1. The van der Waals surface area contributed by atoms with Crippen molar-refractivity contribution in [3.8, 4) is 5.75 Å². The van der Waals surface area contributed by atoms with Crippen molar-refractivity contribution < 1.29 is 23.1 Å². The summed E-state index contributed by atoms with van der Waals surface area (Å²) in [4.78, 5) is 12.2. The molecule has 1 aromatic carbocycles. The van der Waals surface area contributed by atoms with Crippen LogP contribution >= 0.6 is 0 Å². The Morgan fingerprint density at radius 3 is 2.37 bits per heavy atom. The van der Waals surface area contributed by atoms with E-state index in [1.54, 1.807) is 12.1 Å². The molecule has 0 saturated heterocycles. The molecule has 1 atom stereocenters. The number of aromatic hydroxyl groups is 1. The van der Waals surface area contributed by atoms with E-state index < -0.39 is 24.7 Å². The maximum absolute atomic E-state index is 12.1. The first kappa shape index (κ1) is 15.3. The van der Waals surface area contributed by atoms with Crippen LogP contribution in [0.3, 0.4) is 0 Å². The summed E-state index contributed by atoms with van der Waals surface area (Å²) in [6.45, 7) is -1.32. The van der Waals surface area contributed by atoms with E-state index in [1.165, 1.54) is 12.1 Å². The minimum atomic E-state index is -4.44. The molecule has 0 saturated carbocycles. The van der Waals surface area contributed by atoms with Crippen LogP contribution in [-0.4, -0.2) is 41.7 Å². The number of halogens is 3. The van der Waals surface area contributed by atoms with Crippen LogP contribution in [0.5, 0.6) is 5.75 Å². The van der Waals surface area contributed by atoms with E-state index in [0.717, 1.165) is 7.05 Å². The van der Waals surface area contributed by atoms with Gasteiger partial charge in [-0.15, -0.1) is 0 Å². The predicted molar refractivity (Wildman–Crippen MR) is 63.5 cm³/mol. The Hall–Kier alpha value is -1.76. The molecule has 0 heterocycles. The fourth-order valence-corrected chi connectivity index (χ4v) is 1.60. The predicted octanol–water partition coefficient (Wildman–Crippen LogP) is 1.28. The third kappa shape index (κ3) is 5.17. The number of nitrogens with zero attached hydrogens (tertiary/aromatic N) is 1. The van der Waals surface area contributed by atoms with Gasteiger partial charge in [0.1, 0.15) is 12.3 Å². The summed E-state index contributed by atoms with van der Waals surface area (Å²) in [6, 6.07) is 4.92. The number of rotatable bonds is 4. The summed E-state index contributed by atoms with van der Waals surface area (Å²) in [5, 5.41) is 9.08. The fraction of sp³-hybridized carbons (Fsp3) is 0.417. The normalized spacial score (nSPS) is 13.1. The Bertz CT molecular complexity index is 432. The molecule has 7 heteroatoms. The summed E-state index contributed by atoms with van der Waals surface area (Å²) >= 11 is 0. The minimum absolute atomic E-state index is 0.0674. The molecule has 0 unspecified atom stereocenters. The molecule has 3 N–H and O–H groups in total. The van der Waals surface area contributed by atoms with Crippen molar-refractivity contribution in [2.24, 2.45) is 5.73 Å². The van der Waals surface area contributed by atoms with Crippen molar-refractivity contribution in [1.82, 2.24) is 4.90 Å². The van der Waals surface area contributed by atoms with Gasteiger partial charge in [0.05, 0.1) is 6.04 Å². The highest BCUT2D eigenvalue weighted by atomic mass is 19.4. The highest BCUT2D eigenvalue weighted by molar-refractivity contribution is 5.81. The van der Waals surface area contributed by atoms with Gasteiger partial charge in [0.2, 0.25) is 5.91 Å². The monoisotopic (exact) mass is 276 g/mol. The number of hydrogen-bond acceptors (Lipinski definition) is 3. The Labute approximate surface area is 108 Å². The second kappa shape index (κ2) is 5.92. The minimum Gasteiger partial charge on any atom is -0.508 e. The standard InChI is InChI=1S/C12H15F3N2O2/c1-17(7-12(13,14)15)11(19)10(16)6-8-2-4-9(18)5-3-8/h2-5,10,18H,6-7,16H2,1H3/t10-/m1/s1. The Balaban J connectivity index is 2.59. The molecule has 1 amide bonds. The molecule has 0 bridgehead atoms. The number of phenols is 1. The zero-order chi connectivity index (χ0) is 14.6. The molecule has 19 heavy (non-hydrogen) atoms. The van der Waals surface area contributed by atoms with Crippen molar-refractivity contribution in [1.29, 1.82) is 0 Å². The van der Waals surface area contributed by atoms with Crippen LogP contribution in [0.4, 0.5) is 13.2 Å². The number of nitrogens with two attached hydrogens (primary N) is 1. The summed E-state index contributed by atoms with van der Waals surface area (Å²) in [6.07, 6.45) is -4.33. The Morgan fingerprint density at radius 2 is 1.89 bits per heavy atom. The third-order valence-electron chi connectivity index (χ3n) is 2.50. The first-order chi connectivity index (χ1) is 8.69. The molecule has 0 radical (unpaired) electrons. The topological polar surface area (TPSA) is 66.6 Å². The molecule has 0 spiro atoms. The van der Waals surface area contributed by atoms with Gasteiger partial charge in [-0.3, -0.25) is 4.79 Å². The van der Waals surface area contributed by atoms with Crippen molar-refractivity contribution in [3.63, 3.8) is 0 Å². The highest BCUT2D eigenvalue weighted by Crippen LogP contribution is 2.16. The van der Waals surface area contributed by atoms with Gasteiger partial charge < -0.3 is 15.7 Å². The van der Waals surface area contributed by atoms with Crippen LogP contribution in [0.25, 0.3) is 0 Å². The largest absolute Gasteiger partial charge is 0.508 e. The van der Waals surface area contributed by atoms with Gasteiger partial charge in [-0.25, -0.2) is 0 Å². The van der Waals surface area contributed by atoms with E-state index in [2.05, 4.69) is 0 Å². The van der Waals surface area contributed by atoms with Crippen LogP contribution in [0, 0.1) is 0 Å². The van der Waals surface area contributed by atoms with E-state index >= 15 is 0 Å². The van der Waals surface area contributed by atoms with Gasteiger partial charge >= 0.3 is 6.18 Å². The average molecular weight is 276 g/mol. The zero-order valence-corrected chi connectivity index (χ0v) is 10.3. The fourth-order valence-electron chi connectivity index (χ4n) is 1.60. The number of phenolic OH excluding ortho intramolecular Hbond substituents is 1. The number of benzene rings is 1. The van der Waals surface area contributed by atoms with Gasteiger partial charge in [-0.05, 0) is 24.1 Å². The second-order valence-corrected chi connectivity index (χ2v) is 4.29. The summed E-state index contributed by atoms with van der Waals surface area (Å²) < 4.78 is 36.4. The maximum Gasteiger partial charge on any atom is 0.406 e. The zero-order valence-electron chi connectivity index (χ0n) is 10.3. The van der Waals surface area contributed by atoms with Gasteiger partial charge in [0.15, 0.2) is 0 Å². The average Bonchev–Trinajstić information content (AvgIpc) is 2.28. The van der Waals surface area contributed by atoms with Gasteiger partial charge in [-0.1, -0.05) is 12.1 Å². The second-order valence-electron chi connectivity index (χ2n) is 4.29. The SMILES string of the molecule is CN(CC(F)(F)F)C(=O)[C@H](N)Cc1ccc(O)cc1. The van der Waals surface area contributed by atoms with Gasteiger partial charge in [0, 0.05) is 7.05 Å². The molecule has 0 aromatic heterocycles. The number of carbonyl (C=O) groups is 1.